The molecule has 0 aliphatic carbocycles. The second kappa shape index (κ2) is 9.49. The molecule has 0 fully saturated rings. The molecular formula is C24H28N2O4S. The van der Waals surface area contributed by atoms with Gasteiger partial charge in [-0.25, -0.2) is 4.98 Å². The Hall–Kier alpha value is -2.90. The van der Waals surface area contributed by atoms with Gasteiger partial charge in [0.15, 0.2) is 5.03 Å². The molecule has 0 aliphatic heterocycles. The van der Waals surface area contributed by atoms with Crippen molar-refractivity contribution >= 4 is 15.7 Å². The molecule has 1 N–H and O–H groups in total. The number of aromatic nitrogens is 1. The largest absolute Gasteiger partial charge is 0.487 e. The molecule has 1 aromatic heterocycles. The number of hydrogen-bond donors (Lipinski definition) is 1. The summed E-state index contributed by atoms with van der Waals surface area (Å²) in [6.45, 7) is 7.60. The molecule has 0 amide bonds. The maximum atomic E-state index is 13.4. The van der Waals surface area contributed by atoms with Crippen LogP contribution in [0.3, 0.4) is 0 Å². The topological polar surface area (TPSA) is 79.7 Å². The standard InChI is InChI=1S/C24H28N2O4S/c1-17-8-10-21(11-9-17)16-30-23-14-19(3)18(2)13-22(23)26(15-20(4)27)31(28,29)24-7-5-6-12-25-24/h5-14,20,27H,15-16H2,1-4H3. The van der Waals surface area contributed by atoms with Crippen molar-refractivity contribution in [2.75, 3.05) is 10.8 Å². The van der Waals surface area contributed by atoms with Gasteiger partial charge < -0.3 is 9.84 Å². The third kappa shape index (κ3) is 5.42. The van der Waals surface area contributed by atoms with Crippen molar-refractivity contribution in [1.82, 2.24) is 4.98 Å². The van der Waals surface area contributed by atoms with Gasteiger partial charge in [-0.05, 0) is 68.7 Å². The maximum Gasteiger partial charge on any atom is 0.282 e. The minimum Gasteiger partial charge on any atom is -0.487 e. The number of sulfonamides is 1. The summed E-state index contributed by atoms with van der Waals surface area (Å²) < 4.78 is 34.1. The highest BCUT2D eigenvalue weighted by Gasteiger charge is 2.30. The lowest BCUT2D eigenvalue weighted by molar-refractivity contribution is 0.204. The van der Waals surface area contributed by atoms with Crippen LogP contribution in [0, 0.1) is 20.8 Å². The fraction of sp³-hybridized carbons (Fsp3) is 0.292. The van der Waals surface area contributed by atoms with Crippen LogP contribution in [0.25, 0.3) is 0 Å². The Balaban J connectivity index is 2.05. The van der Waals surface area contributed by atoms with E-state index in [1.165, 1.54) is 16.6 Å². The zero-order valence-corrected chi connectivity index (χ0v) is 19.1. The molecule has 7 heteroatoms. The van der Waals surface area contributed by atoms with Crippen LogP contribution in [0.1, 0.15) is 29.2 Å². The normalized spacial score (nSPS) is 12.4. The summed E-state index contributed by atoms with van der Waals surface area (Å²) in [5.74, 6) is 0.434. The van der Waals surface area contributed by atoms with E-state index in [2.05, 4.69) is 4.98 Å². The maximum absolute atomic E-state index is 13.4. The van der Waals surface area contributed by atoms with E-state index < -0.39 is 16.1 Å². The molecule has 3 aromatic rings. The molecule has 31 heavy (non-hydrogen) atoms. The van der Waals surface area contributed by atoms with Crippen molar-refractivity contribution in [3.8, 4) is 5.75 Å². The first-order valence-electron chi connectivity index (χ1n) is 10.1. The van der Waals surface area contributed by atoms with Gasteiger partial charge in [0.05, 0.1) is 18.3 Å². The van der Waals surface area contributed by atoms with E-state index in [-0.39, 0.29) is 11.6 Å². The number of aliphatic hydroxyl groups is 1. The van der Waals surface area contributed by atoms with E-state index in [0.29, 0.717) is 18.0 Å². The molecule has 0 bridgehead atoms. The van der Waals surface area contributed by atoms with Gasteiger partial charge >= 0.3 is 0 Å². The Morgan fingerprint density at radius 2 is 1.71 bits per heavy atom. The second-order valence-corrected chi connectivity index (χ2v) is 9.54. The van der Waals surface area contributed by atoms with Gasteiger partial charge in [-0.1, -0.05) is 35.9 Å². The van der Waals surface area contributed by atoms with Crippen LogP contribution in [0.15, 0.2) is 65.8 Å². The Kier molecular flexibility index (Phi) is 6.97. The van der Waals surface area contributed by atoms with Crippen molar-refractivity contribution in [2.45, 2.75) is 45.4 Å². The van der Waals surface area contributed by atoms with E-state index in [9.17, 15) is 13.5 Å². The zero-order valence-electron chi connectivity index (χ0n) is 18.2. The quantitative estimate of drug-likeness (QED) is 0.569. The zero-order chi connectivity index (χ0) is 22.6. The highest BCUT2D eigenvalue weighted by Crippen LogP contribution is 2.35. The molecule has 164 valence electrons. The Morgan fingerprint density at radius 1 is 1.03 bits per heavy atom. The smallest absolute Gasteiger partial charge is 0.282 e. The molecule has 0 aliphatic rings. The van der Waals surface area contributed by atoms with Gasteiger partial charge in [-0.15, -0.1) is 0 Å². The number of hydrogen-bond acceptors (Lipinski definition) is 5. The average molecular weight is 441 g/mol. The van der Waals surface area contributed by atoms with E-state index in [4.69, 9.17) is 4.74 Å². The molecule has 1 heterocycles. The number of rotatable bonds is 8. The Morgan fingerprint density at radius 3 is 2.32 bits per heavy atom. The molecule has 2 aromatic carbocycles. The molecule has 1 unspecified atom stereocenters. The Bertz CT molecular complexity index is 1130. The minimum absolute atomic E-state index is 0.0848. The fourth-order valence-corrected chi connectivity index (χ4v) is 4.59. The minimum atomic E-state index is -4.01. The van der Waals surface area contributed by atoms with Crippen LogP contribution >= 0.6 is 0 Å². The number of anilines is 1. The summed E-state index contributed by atoms with van der Waals surface area (Å²) in [6.07, 6.45) is 0.549. The van der Waals surface area contributed by atoms with Crippen LogP contribution < -0.4 is 9.04 Å². The number of aliphatic hydroxyl groups excluding tert-OH is 1. The summed E-state index contributed by atoms with van der Waals surface area (Å²) in [6, 6.07) is 16.3. The first kappa shape index (κ1) is 22.8. The van der Waals surface area contributed by atoms with Crippen molar-refractivity contribution in [3.05, 3.63) is 83.0 Å². The number of ether oxygens (including phenoxy) is 1. The monoisotopic (exact) mass is 440 g/mol. The molecule has 0 radical (unpaired) electrons. The SMILES string of the molecule is Cc1ccc(COc2cc(C)c(C)cc2N(CC(C)O)S(=O)(=O)c2ccccn2)cc1. The van der Waals surface area contributed by atoms with Gasteiger partial charge in [0, 0.05) is 6.20 Å². The molecule has 0 saturated heterocycles. The summed E-state index contributed by atoms with van der Waals surface area (Å²) >= 11 is 0. The number of pyridine rings is 1. The fourth-order valence-electron chi connectivity index (χ4n) is 3.11. The van der Waals surface area contributed by atoms with E-state index in [1.54, 1.807) is 25.1 Å². The molecule has 0 spiro atoms. The first-order chi connectivity index (χ1) is 14.7. The highest BCUT2D eigenvalue weighted by atomic mass is 32.2. The van der Waals surface area contributed by atoms with E-state index in [0.717, 1.165) is 22.3 Å². The third-order valence-electron chi connectivity index (χ3n) is 4.98. The molecule has 6 nitrogen and oxygen atoms in total. The van der Waals surface area contributed by atoms with Crippen molar-refractivity contribution in [2.24, 2.45) is 0 Å². The molecule has 0 saturated carbocycles. The van der Waals surface area contributed by atoms with Crippen molar-refractivity contribution in [1.29, 1.82) is 0 Å². The predicted molar refractivity (Wildman–Crippen MR) is 122 cm³/mol. The Labute approximate surface area is 184 Å². The van der Waals surface area contributed by atoms with Crippen molar-refractivity contribution < 1.29 is 18.3 Å². The van der Waals surface area contributed by atoms with Crippen LogP contribution in [0.2, 0.25) is 0 Å². The molecule has 3 rings (SSSR count). The summed E-state index contributed by atoms with van der Waals surface area (Å²) in [4.78, 5) is 4.02. The van der Waals surface area contributed by atoms with Crippen LogP contribution in [0.5, 0.6) is 5.75 Å². The average Bonchev–Trinajstić information content (AvgIpc) is 2.74. The number of aryl methyl sites for hydroxylation is 3. The highest BCUT2D eigenvalue weighted by molar-refractivity contribution is 7.92. The van der Waals surface area contributed by atoms with Gasteiger partial charge in [-0.3, -0.25) is 4.31 Å². The number of nitrogens with zero attached hydrogens (tertiary/aromatic N) is 2. The van der Waals surface area contributed by atoms with Crippen molar-refractivity contribution in [3.63, 3.8) is 0 Å². The van der Waals surface area contributed by atoms with E-state index in [1.807, 2.05) is 51.1 Å². The van der Waals surface area contributed by atoms with Gasteiger partial charge in [0.1, 0.15) is 12.4 Å². The summed E-state index contributed by atoms with van der Waals surface area (Å²) in [5.41, 5.74) is 4.41. The number of benzene rings is 2. The van der Waals surface area contributed by atoms with Gasteiger partial charge in [0.2, 0.25) is 0 Å². The van der Waals surface area contributed by atoms with Crippen LogP contribution in [-0.2, 0) is 16.6 Å². The van der Waals surface area contributed by atoms with E-state index >= 15 is 0 Å². The van der Waals surface area contributed by atoms with Crippen LogP contribution in [-0.4, -0.2) is 31.2 Å². The lowest BCUT2D eigenvalue weighted by Gasteiger charge is -2.28. The second-order valence-electron chi connectivity index (χ2n) is 7.73. The summed E-state index contributed by atoms with van der Waals surface area (Å²) in [5, 5.41) is 9.99. The van der Waals surface area contributed by atoms with Crippen LogP contribution in [0.4, 0.5) is 5.69 Å². The van der Waals surface area contributed by atoms with Gasteiger partial charge in [0.25, 0.3) is 10.0 Å². The summed E-state index contributed by atoms with van der Waals surface area (Å²) in [7, 11) is -4.01. The first-order valence-corrected chi connectivity index (χ1v) is 11.5. The lowest BCUT2D eigenvalue weighted by Crippen LogP contribution is -2.37. The molecule has 1 atom stereocenters. The molecular weight excluding hydrogens is 412 g/mol. The predicted octanol–water partition coefficient (Wildman–Crippen LogP) is 4.16. The van der Waals surface area contributed by atoms with Gasteiger partial charge in [-0.2, -0.15) is 8.42 Å². The lowest BCUT2D eigenvalue weighted by atomic mass is 10.1. The third-order valence-corrected chi connectivity index (χ3v) is 6.68.